The Balaban J connectivity index is 1.92. The maximum Gasteiger partial charge on any atom is 0.187 e. The zero-order valence-electron chi connectivity index (χ0n) is 12.3. The van der Waals surface area contributed by atoms with Crippen molar-refractivity contribution in [2.24, 2.45) is 5.41 Å². The zero-order valence-corrected chi connectivity index (χ0v) is 13.9. The summed E-state index contributed by atoms with van der Waals surface area (Å²) in [6.07, 6.45) is 3.46. The number of hydrogen-bond donors (Lipinski definition) is 0. The minimum Gasteiger partial charge on any atom is -0.348 e. The Kier molecular flexibility index (Phi) is 3.95. The van der Waals surface area contributed by atoms with Crippen LogP contribution in [0.4, 0.5) is 0 Å². The van der Waals surface area contributed by atoms with Gasteiger partial charge < -0.3 is 9.47 Å². The highest BCUT2D eigenvalue weighted by Gasteiger charge is 2.53. The average molecular weight is 339 g/mol. The fraction of sp³-hybridized carbons (Fsp3) is 0.647. The maximum absolute atomic E-state index is 6.33. The van der Waals surface area contributed by atoms with E-state index in [2.05, 4.69) is 60.1 Å². The van der Waals surface area contributed by atoms with Crippen LogP contribution in [0.3, 0.4) is 0 Å². The van der Waals surface area contributed by atoms with Crippen LogP contribution >= 0.6 is 15.9 Å². The molecule has 1 saturated carbocycles. The van der Waals surface area contributed by atoms with E-state index in [1.807, 2.05) is 0 Å². The second kappa shape index (κ2) is 5.43. The lowest BCUT2D eigenvalue weighted by Crippen LogP contribution is -2.57. The molecule has 1 aromatic rings. The van der Waals surface area contributed by atoms with Crippen LogP contribution in [0.2, 0.25) is 0 Å². The summed E-state index contributed by atoms with van der Waals surface area (Å²) in [7, 11) is 0. The van der Waals surface area contributed by atoms with E-state index in [-0.39, 0.29) is 10.2 Å². The molecular formula is C17H23BrO2. The summed E-state index contributed by atoms with van der Waals surface area (Å²) in [5.74, 6) is -0.173. The van der Waals surface area contributed by atoms with Crippen molar-refractivity contribution in [3.05, 3.63) is 35.9 Å². The minimum atomic E-state index is -0.491. The molecule has 2 aliphatic rings. The largest absolute Gasteiger partial charge is 0.348 e. The molecule has 2 fully saturated rings. The van der Waals surface area contributed by atoms with Gasteiger partial charge in [0.15, 0.2) is 5.79 Å². The van der Waals surface area contributed by atoms with E-state index in [1.165, 1.54) is 12.0 Å². The predicted molar refractivity (Wildman–Crippen MR) is 84.2 cm³/mol. The van der Waals surface area contributed by atoms with Gasteiger partial charge in [0.25, 0.3) is 0 Å². The highest BCUT2D eigenvalue weighted by atomic mass is 79.9. The number of hydrogen-bond acceptors (Lipinski definition) is 2. The smallest absolute Gasteiger partial charge is 0.187 e. The second-order valence-corrected chi connectivity index (χ2v) is 7.93. The molecule has 1 aliphatic heterocycles. The molecule has 110 valence electrons. The van der Waals surface area contributed by atoms with E-state index >= 15 is 0 Å². The van der Waals surface area contributed by atoms with Gasteiger partial charge >= 0.3 is 0 Å². The lowest BCUT2D eigenvalue weighted by Gasteiger charge is -2.52. The first kappa shape index (κ1) is 14.6. The molecule has 20 heavy (non-hydrogen) atoms. The van der Waals surface area contributed by atoms with Crippen LogP contribution in [0.1, 0.15) is 44.6 Å². The van der Waals surface area contributed by atoms with E-state index < -0.39 is 5.79 Å². The molecule has 1 spiro atoms. The quantitative estimate of drug-likeness (QED) is 0.702. The molecule has 1 aromatic carbocycles. The fourth-order valence-electron chi connectivity index (χ4n) is 3.29. The summed E-state index contributed by atoms with van der Waals surface area (Å²) < 4.78 is 12.7. The number of alkyl halides is 1. The van der Waals surface area contributed by atoms with Gasteiger partial charge in [-0.3, -0.25) is 0 Å². The summed E-state index contributed by atoms with van der Waals surface area (Å²) >= 11 is 3.83. The van der Waals surface area contributed by atoms with Gasteiger partial charge in [-0.15, -0.1) is 0 Å². The maximum atomic E-state index is 6.33. The fourth-order valence-corrected chi connectivity index (χ4v) is 4.20. The molecule has 2 atom stereocenters. The van der Waals surface area contributed by atoms with Gasteiger partial charge in [0.2, 0.25) is 0 Å². The van der Waals surface area contributed by atoms with Crippen LogP contribution in [0, 0.1) is 5.41 Å². The van der Waals surface area contributed by atoms with Gasteiger partial charge in [0.05, 0.1) is 18.0 Å². The van der Waals surface area contributed by atoms with Gasteiger partial charge in [0.1, 0.15) is 0 Å². The van der Waals surface area contributed by atoms with Crippen molar-refractivity contribution >= 4 is 15.9 Å². The Morgan fingerprint density at radius 2 is 1.70 bits per heavy atom. The molecule has 0 amide bonds. The van der Waals surface area contributed by atoms with Crippen molar-refractivity contribution in [3.63, 3.8) is 0 Å². The third-order valence-electron chi connectivity index (χ3n) is 4.45. The summed E-state index contributed by atoms with van der Waals surface area (Å²) in [5, 5.41) is 0. The number of halogens is 1. The Labute approximate surface area is 130 Å². The van der Waals surface area contributed by atoms with Crippen molar-refractivity contribution in [1.29, 1.82) is 0 Å². The summed E-state index contributed by atoms with van der Waals surface area (Å²) in [6, 6.07) is 10.7. The molecule has 0 radical (unpaired) electrons. The Hall–Kier alpha value is -0.380. The number of ether oxygens (including phenoxy) is 2. The molecule has 2 nitrogen and oxygen atoms in total. The SMILES string of the molecule is CC1(C)COC2(OC1)[C@H](Br)CCC[C@@H]2c1ccccc1. The Bertz CT molecular complexity index is 447. The molecule has 3 heteroatoms. The summed E-state index contributed by atoms with van der Waals surface area (Å²) in [5.41, 5.74) is 1.44. The highest BCUT2D eigenvalue weighted by Crippen LogP contribution is 2.50. The van der Waals surface area contributed by atoms with E-state index in [4.69, 9.17) is 9.47 Å². The topological polar surface area (TPSA) is 18.5 Å². The minimum absolute atomic E-state index is 0.108. The van der Waals surface area contributed by atoms with Crippen LogP contribution < -0.4 is 0 Å². The van der Waals surface area contributed by atoms with Gasteiger partial charge in [-0.1, -0.05) is 66.5 Å². The van der Waals surface area contributed by atoms with Gasteiger partial charge in [-0.25, -0.2) is 0 Å². The van der Waals surface area contributed by atoms with Gasteiger partial charge in [0, 0.05) is 11.3 Å². The highest BCUT2D eigenvalue weighted by molar-refractivity contribution is 9.09. The molecule has 1 saturated heterocycles. The first-order chi connectivity index (χ1) is 9.54. The lowest BCUT2D eigenvalue weighted by atomic mass is 9.77. The Morgan fingerprint density at radius 1 is 1.05 bits per heavy atom. The lowest BCUT2D eigenvalue weighted by molar-refractivity contribution is -0.314. The second-order valence-electron chi connectivity index (χ2n) is 6.82. The molecular weight excluding hydrogens is 316 g/mol. The number of rotatable bonds is 1. The summed E-state index contributed by atoms with van der Waals surface area (Å²) in [6.45, 7) is 5.92. The molecule has 0 unspecified atom stereocenters. The van der Waals surface area contributed by atoms with E-state index in [0.717, 1.165) is 26.1 Å². The van der Waals surface area contributed by atoms with E-state index in [9.17, 15) is 0 Å². The van der Waals surface area contributed by atoms with Gasteiger partial charge in [-0.2, -0.15) is 0 Å². The third-order valence-corrected chi connectivity index (χ3v) is 5.55. The molecule has 0 N–H and O–H groups in total. The van der Waals surface area contributed by atoms with E-state index in [0.29, 0.717) is 5.92 Å². The molecule has 1 heterocycles. The van der Waals surface area contributed by atoms with E-state index in [1.54, 1.807) is 0 Å². The third kappa shape index (κ3) is 2.56. The van der Waals surface area contributed by atoms with Crippen molar-refractivity contribution < 1.29 is 9.47 Å². The molecule has 0 aromatic heterocycles. The Morgan fingerprint density at radius 3 is 2.35 bits per heavy atom. The molecule has 0 bridgehead atoms. The van der Waals surface area contributed by atoms with Crippen molar-refractivity contribution in [2.75, 3.05) is 13.2 Å². The normalized spacial score (nSPS) is 32.1. The molecule has 1 aliphatic carbocycles. The van der Waals surface area contributed by atoms with Crippen molar-refractivity contribution in [1.82, 2.24) is 0 Å². The first-order valence-electron chi connectivity index (χ1n) is 7.50. The predicted octanol–water partition coefficient (Wildman–Crippen LogP) is 4.49. The average Bonchev–Trinajstić information content (AvgIpc) is 2.45. The van der Waals surface area contributed by atoms with Crippen LogP contribution in [0.25, 0.3) is 0 Å². The van der Waals surface area contributed by atoms with Gasteiger partial charge in [-0.05, 0) is 18.4 Å². The zero-order chi connectivity index (χ0) is 14.2. The first-order valence-corrected chi connectivity index (χ1v) is 8.42. The summed E-state index contributed by atoms with van der Waals surface area (Å²) in [4.78, 5) is 0.269. The van der Waals surface area contributed by atoms with Crippen LogP contribution in [0.15, 0.2) is 30.3 Å². The van der Waals surface area contributed by atoms with Crippen molar-refractivity contribution in [3.8, 4) is 0 Å². The monoisotopic (exact) mass is 338 g/mol. The van der Waals surface area contributed by atoms with Crippen LogP contribution in [-0.4, -0.2) is 23.8 Å². The van der Waals surface area contributed by atoms with Crippen LogP contribution in [-0.2, 0) is 9.47 Å². The molecule has 3 rings (SSSR count). The number of benzene rings is 1. The van der Waals surface area contributed by atoms with Crippen LogP contribution in [0.5, 0.6) is 0 Å². The standard InChI is InChI=1S/C17H23BrO2/c1-16(2)11-19-17(20-12-16)14(9-6-10-15(17)18)13-7-4-3-5-8-13/h3-5,7-8,14-15H,6,9-12H2,1-2H3/t14-,15-/m1/s1. The van der Waals surface area contributed by atoms with Crippen molar-refractivity contribution in [2.45, 2.75) is 49.6 Å².